The van der Waals surface area contributed by atoms with Crippen LogP contribution in [0.1, 0.15) is 36.8 Å². The summed E-state index contributed by atoms with van der Waals surface area (Å²) in [4.78, 5) is 12.2. The number of nitrogens with one attached hydrogen (secondary N) is 1. The number of aliphatic hydroxyl groups excluding tert-OH is 1. The molecule has 0 radical (unpaired) electrons. The summed E-state index contributed by atoms with van der Waals surface area (Å²) in [6, 6.07) is 2.69. The Morgan fingerprint density at radius 2 is 1.85 bits per heavy atom. The second kappa shape index (κ2) is 4.22. The van der Waals surface area contributed by atoms with E-state index >= 15 is 0 Å². The number of carbonyl (C=O) groups excluding carboxylic acids is 1. The number of fused-ring (bicyclic) bond motifs is 2. The lowest BCUT2D eigenvalue weighted by Gasteiger charge is -2.35. The first-order valence-electron chi connectivity index (χ1n) is 6.51. The number of alkyl halides is 2. The molecule has 1 aromatic carbocycles. The maximum Gasteiger partial charge on any atom is 0.248 e. The Bertz CT molecular complexity index is 576. The van der Waals surface area contributed by atoms with Crippen LogP contribution in [0.25, 0.3) is 0 Å². The highest BCUT2D eigenvalue weighted by molar-refractivity contribution is 6.06. The first kappa shape index (κ1) is 13.4. The zero-order chi connectivity index (χ0) is 14.5. The van der Waals surface area contributed by atoms with Crippen molar-refractivity contribution in [2.24, 2.45) is 0 Å². The van der Waals surface area contributed by atoms with Gasteiger partial charge in [0.2, 0.25) is 11.8 Å². The highest BCUT2D eigenvalue weighted by Crippen LogP contribution is 2.51. The minimum Gasteiger partial charge on any atom is -0.392 e. The molecule has 1 aromatic rings. The van der Waals surface area contributed by atoms with E-state index in [1.165, 1.54) is 0 Å². The predicted octanol–water partition coefficient (Wildman–Crippen LogP) is 2.72. The molecule has 1 spiro atoms. The van der Waals surface area contributed by atoms with Crippen molar-refractivity contribution in [1.29, 1.82) is 0 Å². The van der Waals surface area contributed by atoms with Gasteiger partial charge in [-0.05, 0) is 30.0 Å². The summed E-state index contributed by atoms with van der Waals surface area (Å²) in [5.41, 5.74) is -0.267. The van der Waals surface area contributed by atoms with E-state index in [0.717, 1.165) is 6.07 Å². The summed E-state index contributed by atoms with van der Waals surface area (Å²) in [6.45, 7) is -0.357. The van der Waals surface area contributed by atoms with Gasteiger partial charge >= 0.3 is 0 Å². The molecule has 1 saturated carbocycles. The molecule has 6 heteroatoms. The van der Waals surface area contributed by atoms with Gasteiger partial charge in [-0.25, -0.2) is 13.2 Å². The minimum absolute atomic E-state index is 0.00679. The molecule has 2 N–H and O–H groups in total. The predicted molar refractivity (Wildman–Crippen MR) is 66.0 cm³/mol. The van der Waals surface area contributed by atoms with Crippen molar-refractivity contribution in [3.63, 3.8) is 0 Å². The van der Waals surface area contributed by atoms with E-state index in [1.54, 1.807) is 6.07 Å². The highest BCUT2D eigenvalue weighted by atomic mass is 19.3. The molecule has 2 aliphatic rings. The van der Waals surface area contributed by atoms with Gasteiger partial charge in [-0.15, -0.1) is 0 Å². The SMILES string of the molecule is O=C1Nc2c(F)cc(CO)cc2C12CCC(F)(F)CC2. The van der Waals surface area contributed by atoms with Crippen molar-refractivity contribution in [3.8, 4) is 0 Å². The van der Waals surface area contributed by atoms with Crippen LogP contribution >= 0.6 is 0 Å². The van der Waals surface area contributed by atoms with Crippen LogP contribution in [0.5, 0.6) is 0 Å². The molecule has 0 aromatic heterocycles. The van der Waals surface area contributed by atoms with Crippen molar-refractivity contribution in [3.05, 3.63) is 29.1 Å². The number of rotatable bonds is 1. The average molecular weight is 285 g/mol. The van der Waals surface area contributed by atoms with Crippen LogP contribution in [0.3, 0.4) is 0 Å². The fraction of sp³-hybridized carbons (Fsp3) is 0.500. The van der Waals surface area contributed by atoms with Crippen LogP contribution < -0.4 is 5.32 Å². The lowest BCUT2D eigenvalue weighted by molar-refractivity contribution is -0.125. The monoisotopic (exact) mass is 285 g/mol. The van der Waals surface area contributed by atoms with Crippen LogP contribution in [0.2, 0.25) is 0 Å². The van der Waals surface area contributed by atoms with Crippen molar-refractivity contribution < 1.29 is 23.1 Å². The van der Waals surface area contributed by atoms with Gasteiger partial charge in [0, 0.05) is 12.8 Å². The first-order chi connectivity index (χ1) is 9.38. The van der Waals surface area contributed by atoms with Gasteiger partial charge in [0.25, 0.3) is 0 Å². The standard InChI is InChI=1S/C14H14F3NO2/c15-10-6-8(7-19)5-9-11(10)18-12(20)13(9)1-3-14(16,17)4-2-13/h5-6,19H,1-4,7H2,(H,18,20). The Labute approximate surface area is 113 Å². The second-order valence-electron chi connectivity index (χ2n) is 5.55. The molecule has 1 amide bonds. The molecule has 108 valence electrons. The molecule has 3 rings (SSSR count). The van der Waals surface area contributed by atoms with Crippen LogP contribution in [-0.4, -0.2) is 16.9 Å². The number of halogens is 3. The van der Waals surface area contributed by atoms with Gasteiger partial charge in [0.15, 0.2) is 0 Å². The summed E-state index contributed by atoms with van der Waals surface area (Å²) < 4.78 is 40.6. The molecule has 1 aliphatic carbocycles. The Balaban J connectivity index is 2.08. The Morgan fingerprint density at radius 1 is 1.20 bits per heavy atom. The molecule has 0 saturated heterocycles. The third-order valence-corrected chi connectivity index (χ3v) is 4.36. The summed E-state index contributed by atoms with van der Waals surface area (Å²) in [5.74, 6) is -3.81. The summed E-state index contributed by atoms with van der Waals surface area (Å²) >= 11 is 0. The lowest BCUT2D eigenvalue weighted by atomic mass is 9.69. The van der Waals surface area contributed by atoms with Gasteiger partial charge in [-0.2, -0.15) is 0 Å². The fourth-order valence-electron chi connectivity index (χ4n) is 3.15. The Hall–Kier alpha value is -1.56. The number of hydrogen-bond donors (Lipinski definition) is 2. The molecule has 1 fully saturated rings. The second-order valence-corrected chi connectivity index (χ2v) is 5.55. The van der Waals surface area contributed by atoms with Gasteiger partial charge in [-0.3, -0.25) is 4.79 Å². The minimum atomic E-state index is -2.76. The van der Waals surface area contributed by atoms with Gasteiger partial charge < -0.3 is 10.4 Å². The van der Waals surface area contributed by atoms with Crippen molar-refractivity contribution in [1.82, 2.24) is 0 Å². The third kappa shape index (κ3) is 1.82. The van der Waals surface area contributed by atoms with Crippen molar-refractivity contribution in [2.75, 3.05) is 5.32 Å². The van der Waals surface area contributed by atoms with Crippen LogP contribution in [0.15, 0.2) is 12.1 Å². The average Bonchev–Trinajstić information content (AvgIpc) is 2.67. The van der Waals surface area contributed by atoms with Gasteiger partial charge in [0.1, 0.15) is 5.82 Å². The number of benzene rings is 1. The third-order valence-electron chi connectivity index (χ3n) is 4.36. The molecule has 1 heterocycles. The van der Waals surface area contributed by atoms with Crippen LogP contribution in [-0.2, 0) is 16.8 Å². The van der Waals surface area contributed by atoms with E-state index in [9.17, 15) is 18.0 Å². The summed E-state index contributed by atoms with van der Waals surface area (Å²) in [7, 11) is 0. The molecule has 20 heavy (non-hydrogen) atoms. The smallest absolute Gasteiger partial charge is 0.248 e. The molecular formula is C14H14F3NO2. The van der Waals surface area contributed by atoms with Crippen molar-refractivity contribution >= 4 is 11.6 Å². The topological polar surface area (TPSA) is 49.3 Å². The van der Waals surface area contributed by atoms with E-state index in [4.69, 9.17) is 5.11 Å². The molecular weight excluding hydrogens is 271 g/mol. The van der Waals surface area contributed by atoms with E-state index < -0.39 is 23.1 Å². The lowest BCUT2D eigenvalue weighted by Crippen LogP contribution is -2.41. The van der Waals surface area contributed by atoms with E-state index in [1.807, 2.05) is 0 Å². The number of hydrogen-bond acceptors (Lipinski definition) is 2. The normalized spacial score (nSPS) is 22.7. The van der Waals surface area contributed by atoms with Gasteiger partial charge in [-0.1, -0.05) is 6.07 Å². The molecule has 0 unspecified atom stereocenters. The van der Waals surface area contributed by atoms with E-state index in [0.29, 0.717) is 11.1 Å². The number of aliphatic hydroxyl groups is 1. The number of anilines is 1. The van der Waals surface area contributed by atoms with E-state index in [2.05, 4.69) is 5.32 Å². The van der Waals surface area contributed by atoms with Gasteiger partial charge in [0.05, 0.1) is 17.7 Å². The number of amides is 1. The largest absolute Gasteiger partial charge is 0.392 e. The Morgan fingerprint density at radius 3 is 2.45 bits per heavy atom. The maximum atomic E-state index is 13.9. The molecule has 1 aliphatic heterocycles. The summed E-state index contributed by atoms with van der Waals surface area (Å²) in [5, 5.41) is 11.6. The highest BCUT2D eigenvalue weighted by Gasteiger charge is 2.53. The fourth-order valence-corrected chi connectivity index (χ4v) is 3.15. The zero-order valence-corrected chi connectivity index (χ0v) is 10.7. The Kier molecular flexibility index (Phi) is 2.83. The zero-order valence-electron chi connectivity index (χ0n) is 10.7. The molecule has 3 nitrogen and oxygen atoms in total. The summed E-state index contributed by atoms with van der Waals surface area (Å²) in [6.07, 6.45) is -0.782. The quantitative estimate of drug-likeness (QED) is 0.833. The molecule has 0 bridgehead atoms. The van der Waals surface area contributed by atoms with Crippen LogP contribution in [0, 0.1) is 5.82 Å². The first-order valence-corrected chi connectivity index (χ1v) is 6.51. The maximum absolute atomic E-state index is 13.9. The van der Waals surface area contributed by atoms with Crippen molar-refractivity contribution in [2.45, 2.75) is 43.6 Å². The number of carbonyl (C=O) groups is 1. The molecule has 0 atom stereocenters. The van der Waals surface area contributed by atoms with E-state index in [-0.39, 0.29) is 38.0 Å². The van der Waals surface area contributed by atoms with Crippen LogP contribution in [0.4, 0.5) is 18.9 Å².